The first kappa shape index (κ1) is 16.8. The van der Waals surface area contributed by atoms with E-state index in [0.717, 1.165) is 4.57 Å². The number of anilines is 1. The molecule has 0 aliphatic heterocycles. The first-order valence-corrected chi connectivity index (χ1v) is 7.71. The number of ether oxygens (including phenoxy) is 1. The van der Waals surface area contributed by atoms with Crippen LogP contribution >= 0.6 is 11.6 Å². The molecule has 25 heavy (non-hydrogen) atoms. The second kappa shape index (κ2) is 7.23. The van der Waals surface area contributed by atoms with Crippen molar-refractivity contribution in [2.45, 2.75) is 6.54 Å². The third kappa shape index (κ3) is 3.89. The number of hydrogen-bond donors (Lipinski definition) is 1. The number of benzene rings is 2. The molecule has 128 valence electrons. The number of fused-ring (bicyclic) bond motifs is 1. The Kier molecular flexibility index (Phi) is 4.85. The number of para-hydroxylation sites is 3. The van der Waals surface area contributed by atoms with Crippen molar-refractivity contribution in [3.63, 3.8) is 0 Å². The van der Waals surface area contributed by atoms with Crippen molar-refractivity contribution in [1.82, 2.24) is 4.57 Å². The molecule has 0 aliphatic carbocycles. The summed E-state index contributed by atoms with van der Waals surface area (Å²) in [6.45, 7) is -0.843. The van der Waals surface area contributed by atoms with Crippen LogP contribution in [0.4, 0.5) is 5.69 Å². The standard InChI is InChI=1S/C17H13ClN2O5/c18-11-5-1-2-6-12(11)19-15(21)10-24-16(22)9-20-13-7-3-4-8-14(13)25-17(20)23/h1-8H,9-10H2,(H,19,21). The van der Waals surface area contributed by atoms with Gasteiger partial charge in [-0.15, -0.1) is 0 Å². The van der Waals surface area contributed by atoms with E-state index in [2.05, 4.69) is 5.32 Å². The molecule has 7 nitrogen and oxygen atoms in total. The second-order valence-corrected chi connectivity index (χ2v) is 5.52. The van der Waals surface area contributed by atoms with E-state index in [1.165, 1.54) is 0 Å². The van der Waals surface area contributed by atoms with Crippen LogP contribution in [0.1, 0.15) is 0 Å². The maximum atomic E-state index is 11.9. The SMILES string of the molecule is O=C(COC(=O)Cn1c(=O)oc2ccccc21)Nc1ccccc1Cl. The molecule has 1 N–H and O–H groups in total. The van der Waals surface area contributed by atoms with Crippen LogP contribution in [0.5, 0.6) is 0 Å². The summed E-state index contributed by atoms with van der Waals surface area (Å²) in [6, 6.07) is 13.4. The Morgan fingerprint density at radius 3 is 2.64 bits per heavy atom. The number of carbonyl (C=O) groups is 2. The van der Waals surface area contributed by atoms with Gasteiger partial charge in [-0.05, 0) is 24.3 Å². The van der Waals surface area contributed by atoms with E-state index in [4.69, 9.17) is 20.8 Å². The molecule has 0 saturated carbocycles. The Balaban J connectivity index is 1.59. The minimum Gasteiger partial charge on any atom is -0.454 e. The highest BCUT2D eigenvalue weighted by Gasteiger charge is 2.14. The number of halogens is 1. The Morgan fingerprint density at radius 2 is 1.84 bits per heavy atom. The molecule has 0 atom stereocenters. The summed E-state index contributed by atoms with van der Waals surface area (Å²) in [5.41, 5.74) is 1.27. The minimum absolute atomic E-state index is 0.352. The zero-order valence-electron chi connectivity index (χ0n) is 12.9. The van der Waals surface area contributed by atoms with Gasteiger partial charge in [0.25, 0.3) is 5.91 Å². The van der Waals surface area contributed by atoms with Gasteiger partial charge >= 0.3 is 11.7 Å². The normalized spacial score (nSPS) is 10.6. The fourth-order valence-electron chi connectivity index (χ4n) is 2.23. The molecule has 3 rings (SSSR count). The Labute approximate surface area is 146 Å². The molecular formula is C17H13ClN2O5. The van der Waals surface area contributed by atoms with Crippen LogP contribution in [-0.2, 0) is 20.9 Å². The quantitative estimate of drug-likeness (QED) is 0.706. The van der Waals surface area contributed by atoms with Crippen molar-refractivity contribution < 1.29 is 18.7 Å². The lowest BCUT2D eigenvalue weighted by Crippen LogP contribution is -2.25. The summed E-state index contributed by atoms with van der Waals surface area (Å²) >= 11 is 5.93. The number of nitrogens with zero attached hydrogens (tertiary/aromatic N) is 1. The number of amides is 1. The topological polar surface area (TPSA) is 90.5 Å². The van der Waals surface area contributed by atoms with E-state index in [1.54, 1.807) is 48.5 Å². The molecule has 1 amide bonds. The predicted octanol–water partition coefficient (Wildman–Crippen LogP) is 2.43. The third-order valence-electron chi connectivity index (χ3n) is 3.37. The molecule has 0 aliphatic rings. The van der Waals surface area contributed by atoms with E-state index in [9.17, 15) is 14.4 Å². The van der Waals surface area contributed by atoms with Gasteiger partial charge in [0.1, 0.15) is 6.54 Å². The number of nitrogens with one attached hydrogen (secondary N) is 1. The number of esters is 1. The van der Waals surface area contributed by atoms with E-state index >= 15 is 0 Å². The van der Waals surface area contributed by atoms with Crippen LogP contribution in [0, 0.1) is 0 Å². The first-order valence-electron chi connectivity index (χ1n) is 7.33. The second-order valence-electron chi connectivity index (χ2n) is 5.11. The van der Waals surface area contributed by atoms with E-state index in [-0.39, 0.29) is 6.54 Å². The molecule has 0 radical (unpaired) electrons. The molecule has 1 aromatic heterocycles. The van der Waals surface area contributed by atoms with Crippen molar-refractivity contribution in [3.05, 3.63) is 64.1 Å². The third-order valence-corrected chi connectivity index (χ3v) is 3.70. The molecular weight excluding hydrogens is 348 g/mol. The summed E-state index contributed by atoms with van der Waals surface area (Å²) in [4.78, 5) is 35.5. The van der Waals surface area contributed by atoms with Crippen molar-refractivity contribution in [2.24, 2.45) is 0 Å². The highest BCUT2D eigenvalue weighted by Crippen LogP contribution is 2.20. The lowest BCUT2D eigenvalue weighted by molar-refractivity contribution is -0.147. The van der Waals surface area contributed by atoms with E-state index in [0.29, 0.717) is 21.8 Å². The fraction of sp³-hybridized carbons (Fsp3) is 0.118. The molecule has 1 heterocycles. The number of oxazole rings is 1. The van der Waals surface area contributed by atoms with Gasteiger partial charge in [0, 0.05) is 0 Å². The van der Waals surface area contributed by atoms with Gasteiger partial charge in [-0.3, -0.25) is 14.2 Å². The van der Waals surface area contributed by atoms with Crippen LogP contribution in [-0.4, -0.2) is 23.1 Å². The van der Waals surface area contributed by atoms with Gasteiger partial charge in [-0.2, -0.15) is 0 Å². The Hall–Kier alpha value is -3.06. The average molecular weight is 361 g/mol. The summed E-state index contributed by atoms with van der Waals surface area (Å²) in [7, 11) is 0. The molecule has 8 heteroatoms. The molecule has 0 saturated heterocycles. The molecule has 0 bridgehead atoms. The van der Waals surface area contributed by atoms with Gasteiger partial charge in [0.15, 0.2) is 12.2 Å². The first-order chi connectivity index (χ1) is 12.0. The molecule has 0 spiro atoms. The van der Waals surface area contributed by atoms with Gasteiger partial charge in [-0.25, -0.2) is 4.79 Å². The fourth-order valence-corrected chi connectivity index (χ4v) is 2.42. The Morgan fingerprint density at radius 1 is 1.12 bits per heavy atom. The van der Waals surface area contributed by atoms with Gasteiger partial charge < -0.3 is 14.5 Å². The Bertz CT molecular complexity index is 992. The van der Waals surface area contributed by atoms with Gasteiger partial charge in [-0.1, -0.05) is 35.9 Å². The predicted molar refractivity (Wildman–Crippen MR) is 91.5 cm³/mol. The molecule has 3 aromatic rings. The van der Waals surface area contributed by atoms with Crippen molar-refractivity contribution in [3.8, 4) is 0 Å². The monoisotopic (exact) mass is 360 g/mol. The highest BCUT2D eigenvalue weighted by atomic mass is 35.5. The summed E-state index contributed by atoms with van der Waals surface area (Å²) in [5, 5.41) is 2.90. The largest absolute Gasteiger partial charge is 0.454 e. The highest BCUT2D eigenvalue weighted by molar-refractivity contribution is 6.33. The van der Waals surface area contributed by atoms with Crippen LogP contribution < -0.4 is 11.1 Å². The van der Waals surface area contributed by atoms with Crippen LogP contribution in [0.25, 0.3) is 11.1 Å². The number of aromatic nitrogens is 1. The lowest BCUT2D eigenvalue weighted by Gasteiger charge is -2.08. The lowest BCUT2D eigenvalue weighted by atomic mass is 10.3. The van der Waals surface area contributed by atoms with Crippen molar-refractivity contribution in [1.29, 1.82) is 0 Å². The van der Waals surface area contributed by atoms with Crippen molar-refractivity contribution >= 4 is 40.3 Å². The number of carbonyl (C=O) groups excluding carboxylic acids is 2. The number of hydrogen-bond acceptors (Lipinski definition) is 5. The average Bonchev–Trinajstić information content (AvgIpc) is 2.91. The summed E-state index contributed by atoms with van der Waals surface area (Å²) in [6.07, 6.45) is 0. The summed E-state index contributed by atoms with van der Waals surface area (Å²) in [5.74, 6) is -1.94. The van der Waals surface area contributed by atoms with Gasteiger partial charge in [0.05, 0.1) is 16.2 Å². The molecule has 0 fully saturated rings. The van der Waals surface area contributed by atoms with E-state index < -0.39 is 24.2 Å². The van der Waals surface area contributed by atoms with Crippen LogP contribution in [0.3, 0.4) is 0 Å². The minimum atomic E-state index is -0.733. The van der Waals surface area contributed by atoms with Crippen molar-refractivity contribution in [2.75, 3.05) is 11.9 Å². The number of rotatable bonds is 5. The summed E-state index contributed by atoms with van der Waals surface area (Å²) < 4.78 is 11.1. The molecule has 2 aromatic carbocycles. The zero-order chi connectivity index (χ0) is 17.8. The zero-order valence-corrected chi connectivity index (χ0v) is 13.7. The van der Waals surface area contributed by atoms with Crippen LogP contribution in [0.15, 0.2) is 57.7 Å². The maximum Gasteiger partial charge on any atom is 0.420 e. The van der Waals surface area contributed by atoms with Crippen LogP contribution in [0.2, 0.25) is 5.02 Å². The maximum absolute atomic E-state index is 11.9. The smallest absolute Gasteiger partial charge is 0.420 e. The van der Waals surface area contributed by atoms with Gasteiger partial charge in [0.2, 0.25) is 0 Å². The molecule has 0 unspecified atom stereocenters. The van der Waals surface area contributed by atoms with E-state index in [1.807, 2.05) is 0 Å².